The van der Waals surface area contributed by atoms with Gasteiger partial charge in [-0.1, -0.05) is 60.7 Å². The lowest BCUT2D eigenvalue weighted by atomic mass is 9.96. The van der Waals surface area contributed by atoms with Crippen molar-refractivity contribution in [2.75, 3.05) is 31.1 Å². The van der Waals surface area contributed by atoms with Gasteiger partial charge in [0.1, 0.15) is 5.82 Å². The smallest absolute Gasteiger partial charge is 0.354 e. The van der Waals surface area contributed by atoms with Crippen molar-refractivity contribution in [3.8, 4) is 0 Å². The molecule has 1 aromatic heterocycles. The van der Waals surface area contributed by atoms with E-state index in [2.05, 4.69) is 34.1 Å². The highest BCUT2D eigenvalue weighted by Gasteiger charge is 2.32. The molecule has 3 aromatic rings. The molecular weight excluding hydrogens is 375 g/mol. The van der Waals surface area contributed by atoms with Gasteiger partial charge in [-0.3, -0.25) is 4.90 Å². The monoisotopic (exact) mass is 397 g/mol. The van der Waals surface area contributed by atoms with Gasteiger partial charge in [-0.05, 0) is 23.3 Å². The minimum absolute atomic E-state index is 0.119. The normalized spacial score (nSPS) is 15.7. The molecule has 4 rings (SSSR count). The fourth-order valence-corrected chi connectivity index (χ4v) is 3.86. The Kier molecular flexibility index (Phi) is 5.53. The fraction of sp³-hybridized carbons (Fsp3) is 0.261. The molecule has 2 heterocycles. The number of rotatable bonds is 4. The molecule has 6 heteroatoms. The highest BCUT2D eigenvalue weighted by molar-refractivity contribution is 5.43. The summed E-state index contributed by atoms with van der Waals surface area (Å²) in [6.45, 7) is 2.74. The zero-order valence-electron chi connectivity index (χ0n) is 15.9. The summed E-state index contributed by atoms with van der Waals surface area (Å²) < 4.78 is 39.1. The number of hydrogen-bond donors (Lipinski definition) is 0. The van der Waals surface area contributed by atoms with Gasteiger partial charge in [-0.2, -0.15) is 13.2 Å². The number of alkyl halides is 3. The molecule has 0 atom stereocenters. The first kappa shape index (κ1) is 19.5. The van der Waals surface area contributed by atoms with Crippen molar-refractivity contribution in [3.05, 3.63) is 95.7 Å². The summed E-state index contributed by atoms with van der Waals surface area (Å²) in [5, 5.41) is 0. The van der Waals surface area contributed by atoms with Gasteiger partial charge >= 0.3 is 6.18 Å². The molecule has 1 aliphatic heterocycles. The second-order valence-electron chi connectivity index (χ2n) is 7.15. The number of halogens is 3. The second-order valence-corrected chi connectivity index (χ2v) is 7.15. The van der Waals surface area contributed by atoms with Gasteiger partial charge in [0.15, 0.2) is 0 Å². The Labute approximate surface area is 168 Å². The molecule has 1 aliphatic rings. The lowest BCUT2D eigenvalue weighted by Crippen LogP contribution is -2.48. The molecule has 2 aromatic carbocycles. The predicted octanol–water partition coefficient (Wildman–Crippen LogP) is 5.01. The van der Waals surface area contributed by atoms with Crippen LogP contribution in [0.4, 0.5) is 19.0 Å². The molecular formula is C23H22F3N3. The van der Waals surface area contributed by atoms with Crippen LogP contribution in [0.5, 0.6) is 0 Å². The number of aromatic nitrogens is 1. The van der Waals surface area contributed by atoms with E-state index in [-0.39, 0.29) is 6.04 Å². The molecule has 0 spiro atoms. The van der Waals surface area contributed by atoms with E-state index in [1.54, 1.807) is 0 Å². The van der Waals surface area contributed by atoms with Crippen LogP contribution >= 0.6 is 0 Å². The zero-order chi connectivity index (χ0) is 20.3. The van der Waals surface area contributed by atoms with Crippen molar-refractivity contribution in [1.82, 2.24) is 9.88 Å². The quantitative estimate of drug-likeness (QED) is 0.617. The average Bonchev–Trinajstić information content (AvgIpc) is 2.76. The molecule has 0 saturated carbocycles. The van der Waals surface area contributed by atoms with Gasteiger partial charge in [-0.25, -0.2) is 4.98 Å². The van der Waals surface area contributed by atoms with Crippen molar-refractivity contribution in [3.63, 3.8) is 0 Å². The third-order valence-electron chi connectivity index (χ3n) is 5.31. The Morgan fingerprint density at radius 2 is 1.31 bits per heavy atom. The number of piperazine rings is 1. The largest absolute Gasteiger partial charge is 0.416 e. The van der Waals surface area contributed by atoms with Crippen LogP contribution < -0.4 is 4.90 Å². The molecule has 0 radical (unpaired) electrons. The summed E-state index contributed by atoms with van der Waals surface area (Å²) >= 11 is 0. The maximum absolute atomic E-state index is 13.0. The topological polar surface area (TPSA) is 19.4 Å². The van der Waals surface area contributed by atoms with E-state index in [1.165, 1.54) is 17.3 Å². The highest BCUT2D eigenvalue weighted by Crippen LogP contribution is 2.32. The van der Waals surface area contributed by atoms with Crippen molar-refractivity contribution >= 4 is 5.82 Å². The predicted molar refractivity (Wildman–Crippen MR) is 108 cm³/mol. The molecule has 0 bridgehead atoms. The minimum atomic E-state index is -4.36. The molecule has 3 nitrogen and oxygen atoms in total. The first-order chi connectivity index (χ1) is 14.0. The molecule has 0 N–H and O–H groups in total. The van der Waals surface area contributed by atoms with E-state index in [9.17, 15) is 13.2 Å². The van der Waals surface area contributed by atoms with Crippen LogP contribution in [-0.4, -0.2) is 36.1 Å². The van der Waals surface area contributed by atoms with E-state index in [0.29, 0.717) is 18.9 Å². The average molecular weight is 397 g/mol. The van der Waals surface area contributed by atoms with Crippen LogP contribution in [0.15, 0.2) is 79.0 Å². The molecule has 1 fully saturated rings. The third kappa shape index (κ3) is 4.43. The van der Waals surface area contributed by atoms with E-state index in [4.69, 9.17) is 0 Å². The van der Waals surface area contributed by atoms with Crippen LogP contribution in [0.1, 0.15) is 22.7 Å². The maximum atomic E-state index is 13.0. The van der Waals surface area contributed by atoms with Gasteiger partial charge in [0, 0.05) is 32.4 Å². The summed E-state index contributed by atoms with van der Waals surface area (Å²) in [6, 6.07) is 22.9. The standard InChI is InChI=1S/C23H22F3N3/c24-23(25,26)20-11-12-27-21(17-20)28-13-15-29(16-14-28)22(18-7-3-1-4-8-18)19-9-5-2-6-10-19/h1-12,17,22H,13-16H2. The summed E-state index contributed by atoms with van der Waals surface area (Å²) in [6.07, 6.45) is -3.12. The summed E-state index contributed by atoms with van der Waals surface area (Å²) in [5.41, 5.74) is 1.77. The first-order valence-corrected chi connectivity index (χ1v) is 9.64. The molecule has 0 amide bonds. The van der Waals surface area contributed by atoms with Crippen LogP contribution in [0.3, 0.4) is 0 Å². The third-order valence-corrected chi connectivity index (χ3v) is 5.31. The summed E-state index contributed by atoms with van der Waals surface area (Å²) in [5.74, 6) is 0.385. The van der Waals surface area contributed by atoms with Crippen molar-refractivity contribution in [2.45, 2.75) is 12.2 Å². The SMILES string of the molecule is FC(F)(F)c1ccnc(N2CCN(C(c3ccccc3)c3ccccc3)CC2)c1. The lowest BCUT2D eigenvalue weighted by molar-refractivity contribution is -0.137. The zero-order valence-corrected chi connectivity index (χ0v) is 15.9. The Morgan fingerprint density at radius 1 is 0.759 bits per heavy atom. The van der Waals surface area contributed by atoms with Crippen molar-refractivity contribution < 1.29 is 13.2 Å². The number of anilines is 1. The molecule has 150 valence electrons. The molecule has 29 heavy (non-hydrogen) atoms. The molecule has 0 aliphatic carbocycles. The van der Waals surface area contributed by atoms with E-state index in [1.807, 2.05) is 41.3 Å². The maximum Gasteiger partial charge on any atom is 0.416 e. The fourth-order valence-electron chi connectivity index (χ4n) is 3.86. The van der Waals surface area contributed by atoms with Crippen LogP contribution in [0.2, 0.25) is 0 Å². The van der Waals surface area contributed by atoms with Crippen LogP contribution in [0, 0.1) is 0 Å². The van der Waals surface area contributed by atoms with Gasteiger partial charge in [0.05, 0.1) is 11.6 Å². The number of nitrogens with zero attached hydrogens (tertiary/aromatic N) is 3. The van der Waals surface area contributed by atoms with Crippen molar-refractivity contribution in [1.29, 1.82) is 0 Å². The summed E-state index contributed by atoms with van der Waals surface area (Å²) in [7, 11) is 0. The summed E-state index contributed by atoms with van der Waals surface area (Å²) in [4.78, 5) is 8.48. The Hall–Kier alpha value is -2.86. The molecule has 1 saturated heterocycles. The number of hydrogen-bond acceptors (Lipinski definition) is 3. The van der Waals surface area contributed by atoms with Crippen molar-refractivity contribution in [2.24, 2.45) is 0 Å². The van der Waals surface area contributed by atoms with E-state index < -0.39 is 11.7 Å². The molecule has 0 unspecified atom stereocenters. The van der Waals surface area contributed by atoms with Gasteiger partial charge in [0.2, 0.25) is 0 Å². The highest BCUT2D eigenvalue weighted by atomic mass is 19.4. The number of pyridine rings is 1. The Balaban J connectivity index is 1.53. The first-order valence-electron chi connectivity index (χ1n) is 9.64. The number of benzene rings is 2. The van der Waals surface area contributed by atoms with Crippen LogP contribution in [-0.2, 0) is 6.18 Å². The van der Waals surface area contributed by atoms with Gasteiger partial charge < -0.3 is 4.90 Å². The van der Waals surface area contributed by atoms with Crippen LogP contribution in [0.25, 0.3) is 0 Å². The Morgan fingerprint density at radius 3 is 1.83 bits per heavy atom. The second kappa shape index (κ2) is 8.25. The van der Waals surface area contributed by atoms with Gasteiger partial charge in [-0.15, -0.1) is 0 Å². The lowest BCUT2D eigenvalue weighted by Gasteiger charge is -2.40. The van der Waals surface area contributed by atoms with Gasteiger partial charge in [0.25, 0.3) is 0 Å². The van der Waals surface area contributed by atoms with E-state index in [0.717, 1.165) is 25.2 Å². The van der Waals surface area contributed by atoms with E-state index >= 15 is 0 Å². The minimum Gasteiger partial charge on any atom is -0.354 e. The Bertz CT molecular complexity index is 881.